The summed E-state index contributed by atoms with van der Waals surface area (Å²) in [4.78, 5) is 0. The lowest BCUT2D eigenvalue weighted by atomic mass is 10.3. The van der Waals surface area contributed by atoms with Gasteiger partial charge in [0.05, 0.1) is 6.54 Å². The van der Waals surface area contributed by atoms with Gasteiger partial charge in [-0.15, -0.1) is 0 Å². The summed E-state index contributed by atoms with van der Waals surface area (Å²) in [6.07, 6.45) is 3.51. The monoisotopic (exact) mass is 177 g/mol. The van der Waals surface area contributed by atoms with Crippen LogP contribution in [0, 0.1) is 0 Å². The van der Waals surface area contributed by atoms with Crippen molar-refractivity contribution < 1.29 is 4.74 Å². The van der Waals surface area contributed by atoms with Crippen LogP contribution < -0.4 is 5.32 Å². The molecule has 1 fully saturated rings. The molecule has 1 rings (SSSR count). The zero-order chi connectivity index (χ0) is 7.40. The van der Waals surface area contributed by atoms with Gasteiger partial charge in [-0.05, 0) is 30.6 Å². The van der Waals surface area contributed by atoms with Gasteiger partial charge in [0, 0.05) is 0 Å². The van der Waals surface area contributed by atoms with E-state index in [4.69, 9.17) is 17.0 Å². The Morgan fingerprint density at radius 2 is 2.70 bits per heavy atom. The zero-order valence-corrected chi connectivity index (χ0v) is 7.56. The Labute approximate surface area is 70.7 Å². The summed E-state index contributed by atoms with van der Waals surface area (Å²) in [7, 11) is 0. The molecule has 1 saturated heterocycles. The summed E-state index contributed by atoms with van der Waals surface area (Å²) in [5.74, 6) is 1.15. The maximum absolute atomic E-state index is 5.27. The van der Waals surface area contributed by atoms with Crippen LogP contribution in [0.15, 0.2) is 0 Å². The summed E-state index contributed by atoms with van der Waals surface area (Å²) in [6.45, 7) is 0.888. The normalized spacial score (nSPS) is 24.1. The molecule has 0 spiro atoms. The molecule has 0 radical (unpaired) electrons. The molecule has 1 N–H and O–H groups in total. The number of ether oxygens (including phenoxy) is 1. The van der Waals surface area contributed by atoms with Crippen molar-refractivity contribution in [2.75, 3.05) is 18.6 Å². The molecule has 2 nitrogen and oxygen atoms in total. The largest absolute Gasteiger partial charge is 0.466 e. The van der Waals surface area contributed by atoms with E-state index in [1.165, 1.54) is 0 Å². The minimum atomic E-state index is 0.319. The average molecular weight is 177 g/mol. The molecule has 1 atom stereocenters. The van der Waals surface area contributed by atoms with Gasteiger partial charge in [0.2, 0.25) is 0 Å². The molecule has 4 heteroatoms. The summed E-state index contributed by atoms with van der Waals surface area (Å²) in [6, 6.07) is 0. The highest BCUT2D eigenvalue weighted by Crippen LogP contribution is 2.07. The summed E-state index contributed by atoms with van der Waals surface area (Å²) in [5.41, 5.74) is 0. The van der Waals surface area contributed by atoms with Crippen LogP contribution in [0.3, 0.4) is 0 Å². The number of hydrogen-bond acceptors (Lipinski definition) is 3. The van der Waals surface area contributed by atoms with Gasteiger partial charge in [-0.3, -0.25) is 0 Å². The van der Waals surface area contributed by atoms with Crippen LogP contribution in [0.5, 0.6) is 0 Å². The molecule has 10 heavy (non-hydrogen) atoms. The van der Waals surface area contributed by atoms with Crippen LogP contribution in [0.4, 0.5) is 0 Å². The maximum atomic E-state index is 5.27. The first-order chi connectivity index (χ1) is 4.83. The Balaban J connectivity index is 2.12. The van der Waals surface area contributed by atoms with Gasteiger partial charge in [0.15, 0.2) is 0 Å². The first-order valence-electron chi connectivity index (χ1n) is 3.26. The minimum Gasteiger partial charge on any atom is -0.466 e. The fourth-order valence-corrected chi connectivity index (χ4v) is 1.56. The molecule has 0 aromatic rings. The number of rotatable bonds is 3. The number of thioether (sulfide) groups is 1. The van der Waals surface area contributed by atoms with Gasteiger partial charge >= 0.3 is 0 Å². The molecule has 0 aliphatic carbocycles. The fourth-order valence-electron chi connectivity index (χ4n) is 0.842. The smallest absolute Gasteiger partial charge is 0.257 e. The van der Waals surface area contributed by atoms with Gasteiger partial charge in [0.1, 0.15) is 6.10 Å². The molecule has 1 aliphatic rings. The third kappa shape index (κ3) is 2.34. The van der Waals surface area contributed by atoms with Crippen LogP contribution in [-0.2, 0) is 4.74 Å². The van der Waals surface area contributed by atoms with Crippen molar-refractivity contribution in [1.82, 2.24) is 5.32 Å². The Bertz CT molecular complexity index is 129. The van der Waals surface area contributed by atoms with Crippen LogP contribution in [-0.4, -0.2) is 29.8 Å². The molecule has 0 aromatic heterocycles. The van der Waals surface area contributed by atoms with Gasteiger partial charge < -0.3 is 10.1 Å². The minimum absolute atomic E-state index is 0.319. The standard InChI is InChI=1S/C6H11NOS2/c1-10-3-2-5-4-7-6(9)8-5/h5H,2-4H2,1H3,(H,7,9). The summed E-state index contributed by atoms with van der Waals surface area (Å²) < 4.78 is 5.27. The van der Waals surface area contributed by atoms with E-state index in [0.29, 0.717) is 11.3 Å². The second-order valence-corrected chi connectivity index (χ2v) is 3.55. The first kappa shape index (κ1) is 8.14. The second-order valence-electron chi connectivity index (χ2n) is 2.19. The Morgan fingerprint density at radius 3 is 3.20 bits per heavy atom. The molecule has 1 unspecified atom stereocenters. The fraction of sp³-hybridized carbons (Fsp3) is 0.833. The van der Waals surface area contributed by atoms with Crippen molar-refractivity contribution in [3.8, 4) is 0 Å². The molecular formula is C6H11NOS2. The quantitative estimate of drug-likeness (QED) is 0.649. The molecular weight excluding hydrogens is 166 g/mol. The van der Waals surface area contributed by atoms with Crippen molar-refractivity contribution >= 4 is 29.2 Å². The molecule has 0 aromatic carbocycles. The molecule has 0 saturated carbocycles. The molecule has 1 heterocycles. The van der Waals surface area contributed by atoms with Gasteiger partial charge in [-0.25, -0.2) is 0 Å². The van der Waals surface area contributed by atoms with E-state index in [1.807, 2.05) is 11.8 Å². The van der Waals surface area contributed by atoms with Crippen molar-refractivity contribution in [1.29, 1.82) is 0 Å². The summed E-state index contributed by atoms with van der Waals surface area (Å²) >= 11 is 6.65. The summed E-state index contributed by atoms with van der Waals surface area (Å²) in [5, 5.41) is 3.54. The lowest BCUT2D eigenvalue weighted by Crippen LogP contribution is -2.15. The number of hydrogen-bond donors (Lipinski definition) is 1. The van der Waals surface area contributed by atoms with E-state index < -0.39 is 0 Å². The van der Waals surface area contributed by atoms with Crippen LogP contribution in [0.25, 0.3) is 0 Å². The first-order valence-corrected chi connectivity index (χ1v) is 5.06. The third-order valence-corrected chi connectivity index (χ3v) is 2.28. The van der Waals surface area contributed by atoms with Crippen LogP contribution >= 0.6 is 24.0 Å². The van der Waals surface area contributed by atoms with Gasteiger partial charge in [-0.2, -0.15) is 11.8 Å². The number of thiocarbonyl (C=S) groups is 1. The molecule has 1 aliphatic heterocycles. The van der Waals surface area contributed by atoms with Gasteiger partial charge in [-0.1, -0.05) is 0 Å². The van der Waals surface area contributed by atoms with Gasteiger partial charge in [0.25, 0.3) is 5.17 Å². The lowest BCUT2D eigenvalue weighted by Gasteiger charge is -2.05. The van der Waals surface area contributed by atoms with E-state index in [2.05, 4.69) is 11.6 Å². The van der Waals surface area contributed by atoms with Crippen molar-refractivity contribution in [3.05, 3.63) is 0 Å². The van der Waals surface area contributed by atoms with E-state index in [-0.39, 0.29) is 0 Å². The lowest BCUT2D eigenvalue weighted by molar-refractivity contribution is 0.232. The number of nitrogens with one attached hydrogen (secondary N) is 1. The van der Waals surface area contributed by atoms with E-state index in [0.717, 1.165) is 18.7 Å². The van der Waals surface area contributed by atoms with Crippen molar-refractivity contribution in [2.24, 2.45) is 0 Å². The second kappa shape index (κ2) is 4.03. The molecule has 0 amide bonds. The SMILES string of the molecule is CSCCC1CNC(=S)O1. The molecule has 0 bridgehead atoms. The molecule has 58 valence electrons. The van der Waals surface area contributed by atoms with Crippen molar-refractivity contribution in [2.45, 2.75) is 12.5 Å². The topological polar surface area (TPSA) is 21.3 Å². The third-order valence-electron chi connectivity index (χ3n) is 1.39. The van der Waals surface area contributed by atoms with E-state index in [9.17, 15) is 0 Å². The highest BCUT2D eigenvalue weighted by atomic mass is 32.2. The Kier molecular flexibility index (Phi) is 3.28. The van der Waals surface area contributed by atoms with Crippen LogP contribution in [0.2, 0.25) is 0 Å². The highest BCUT2D eigenvalue weighted by molar-refractivity contribution is 7.98. The predicted octanol–water partition coefficient (Wildman–Crippen LogP) is 1.01. The average Bonchev–Trinajstić information content (AvgIpc) is 2.31. The van der Waals surface area contributed by atoms with Crippen molar-refractivity contribution in [3.63, 3.8) is 0 Å². The maximum Gasteiger partial charge on any atom is 0.257 e. The Hall–Kier alpha value is 0.0400. The Morgan fingerprint density at radius 1 is 1.90 bits per heavy atom. The highest BCUT2D eigenvalue weighted by Gasteiger charge is 2.18. The zero-order valence-electron chi connectivity index (χ0n) is 5.92. The van der Waals surface area contributed by atoms with Crippen LogP contribution in [0.1, 0.15) is 6.42 Å². The van der Waals surface area contributed by atoms with E-state index in [1.54, 1.807) is 0 Å². The van der Waals surface area contributed by atoms with E-state index >= 15 is 0 Å². The predicted molar refractivity (Wildman–Crippen MR) is 48.5 cm³/mol.